The number of rotatable bonds is 5. The predicted molar refractivity (Wildman–Crippen MR) is 118 cm³/mol. The first-order valence-corrected chi connectivity index (χ1v) is 11.8. The monoisotopic (exact) mass is 510 g/mol. The molecule has 35 heavy (non-hydrogen) atoms. The third kappa shape index (κ3) is 5.12. The highest BCUT2D eigenvalue weighted by Crippen LogP contribution is 2.29. The van der Waals surface area contributed by atoms with Crippen LogP contribution in [0.25, 0.3) is 11.4 Å². The van der Waals surface area contributed by atoms with Crippen LogP contribution < -0.4 is 4.90 Å². The van der Waals surface area contributed by atoms with Crippen molar-refractivity contribution in [3.8, 4) is 11.4 Å². The van der Waals surface area contributed by atoms with Crippen LogP contribution in [0, 0.1) is 0 Å². The number of pyridine rings is 1. The largest absolute Gasteiger partial charge is 0.471 e. The van der Waals surface area contributed by atoms with Gasteiger partial charge in [0.05, 0.1) is 4.90 Å². The number of halogens is 3. The number of piperazine rings is 1. The highest BCUT2D eigenvalue weighted by molar-refractivity contribution is 7.89. The molecule has 186 valence electrons. The van der Waals surface area contributed by atoms with Gasteiger partial charge in [0.1, 0.15) is 5.82 Å². The second-order valence-corrected chi connectivity index (χ2v) is 10.1. The number of amides is 1. The number of nitrogens with zero attached hydrogens (tertiary/aromatic N) is 6. The summed E-state index contributed by atoms with van der Waals surface area (Å²) in [6.07, 6.45) is -3.36. The second-order valence-electron chi connectivity index (χ2n) is 7.92. The molecule has 1 saturated heterocycles. The standard InChI is InChI=1S/C21H21F3N6O4S/c1-28(2)35(32,33)16-6-3-14(4-7-16)19(31)30-11-9-29(10-12-30)17-8-5-15(13-25-17)18-26-20(34-27-18)21(22,23)24/h3-8,13H,9-12H2,1-2H3. The lowest BCUT2D eigenvalue weighted by molar-refractivity contribution is -0.159. The van der Waals surface area contributed by atoms with Crippen molar-refractivity contribution >= 4 is 21.7 Å². The highest BCUT2D eigenvalue weighted by atomic mass is 32.2. The summed E-state index contributed by atoms with van der Waals surface area (Å²) in [5, 5.41) is 3.34. The van der Waals surface area contributed by atoms with E-state index in [4.69, 9.17) is 0 Å². The van der Waals surface area contributed by atoms with Crippen LogP contribution in [0.15, 0.2) is 52.0 Å². The number of alkyl halides is 3. The van der Waals surface area contributed by atoms with E-state index in [1.54, 1.807) is 17.0 Å². The van der Waals surface area contributed by atoms with Gasteiger partial charge >= 0.3 is 12.1 Å². The van der Waals surface area contributed by atoms with Crippen molar-refractivity contribution in [3.63, 3.8) is 0 Å². The average molecular weight is 510 g/mol. The summed E-state index contributed by atoms with van der Waals surface area (Å²) >= 11 is 0. The van der Waals surface area contributed by atoms with Gasteiger partial charge in [0.15, 0.2) is 0 Å². The SMILES string of the molecule is CN(C)S(=O)(=O)c1ccc(C(=O)N2CCN(c3ccc(-c4noc(C(F)(F)F)n4)cn3)CC2)cc1. The van der Waals surface area contributed by atoms with E-state index in [1.807, 2.05) is 4.90 Å². The van der Waals surface area contributed by atoms with Crippen LogP contribution >= 0.6 is 0 Å². The van der Waals surface area contributed by atoms with Gasteiger partial charge in [-0.2, -0.15) is 18.2 Å². The molecule has 1 aromatic carbocycles. The summed E-state index contributed by atoms with van der Waals surface area (Å²) < 4.78 is 67.7. The lowest BCUT2D eigenvalue weighted by Crippen LogP contribution is -2.49. The number of hydrogen-bond acceptors (Lipinski definition) is 8. The molecule has 0 unspecified atom stereocenters. The zero-order valence-corrected chi connectivity index (χ0v) is 19.5. The van der Waals surface area contributed by atoms with Gasteiger partial charge in [-0.25, -0.2) is 17.7 Å². The Hall–Kier alpha value is -3.52. The van der Waals surface area contributed by atoms with Crippen molar-refractivity contribution in [2.24, 2.45) is 0 Å². The normalized spacial score (nSPS) is 15.0. The number of benzene rings is 1. The number of sulfonamides is 1. The molecular formula is C21H21F3N6O4S. The molecule has 4 rings (SSSR count). The minimum absolute atomic E-state index is 0.105. The summed E-state index contributed by atoms with van der Waals surface area (Å²) in [5.74, 6) is -1.25. The zero-order chi connectivity index (χ0) is 25.4. The smallest absolute Gasteiger partial charge is 0.353 e. The fraction of sp³-hybridized carbons (Fsp3) is 0.333. The summed E-state index contributed by atoms with van der Waals surface area (Å²) in [4.78, 5) is 24.2. The van der Waals surface area contributed by atoms with Gasteiger partial charge in [0.25, 0.3) is 5.91 Å². The minimum atomic E-state index is -4.72. The summed E-state index contributed by atoms with van der Waals surface area (Å²) in [7, 11) is -0.705. The van der Waals surface area contributed by atoms with Crippen LogP contribution in [0.2, 0.25) is 0 Å². The molecule has 1 aliphatic rings. The van der Waals surface area contributed by atoms with E-state index < -0.39 is 22.1 Å². The van der Waals surface area contributed by atoms with E-state index in [9.17, 15) is 26.4 Å². The molecule has 2 aromatic heterocycles. The molecule has 1 fully saturated rings. The van der Waals surface area contributed by atoms with Crippen LogP contribution in [-0.2, 0) is 16.2 Å². The van der Waals surface area contributed by atoms with Crippen molar-refractivity contribution in [1.29, 1.82) is 0 Å². The van der Waals surface area contributed by atoms with Gasteiger partial charge in [-0.05, 0) is 36.4 Å². The molecule has 0 radical (unpaired) electrons. The van der Waals surface area contributed by atoms with E-state index in [1.165, 1.54) is 44.6 Å². The Morgan fingerprint density at radius 1 is 1.03 bits per heavy atom. The first kappa shape index (κ1) is 24.6. The van der Waals surface area contributed by atoms with E-state index >= 15 is 0 Å². The van der Waals surface area contributed by atoms with Crippen LogP contribution in [0.5, 0.6) is 0 Å². The third-order valence-electron chi connectivity index (χ3n) is 5.45. The second kappa shape index (κ2) is 9.26. The highest BCUT2D eigenvalue weighted by Gasteiger charge is 2.38. The Morgan fingerprint density at radius 2 is 1.69 bits per heavy atom. The molecule has 14 heteroatoms. The Bertz CT molecular complexity index is 1300. The van der Waals surface area contributed by atoms with Gasteiger partial charge < -0.3 is 14.3 Å². The lowest BCUT2D eigenvalue weighted by Gasteiger charge is -2.35. The Labute approximate surface area is 199 Å². The maximum absolute atomic E-state index is 12.8. The summed E-state index contributed by atoms with van der Waals surface area (Å²) in [6.45, 7) is 1.82. The summed E-state index contributed by atoms with van der Waals surface area (Å²) in [6, 6.07) is 8.99. The predicted octanol–water partition coefficient (Wildman–Crippen LogP) is 2.36. The maximum Gasteiger partial charge on any atom is 0.471 e. The van der Waals surface area contributed by atoms with Crippen LogP contribution in [0.3, 0.4) is 0 Å². The molecule has 0 saturated carbocycles. The molecule has 1 amide bonds. The fourth-order valence-electron chi connectivity index (χ4n) is 3.46. The molecule has 3 aromatic rings. The van der Waals surface area contributed by atoms with Crippen molar-refractivity contribution < 1.29 is 30.9 Å². The average Bonchev–Trinajstić information content (AvgIpc) is 3.35. The number of anilines is 1. The van der Waals surface area contributed by atoms with E-state index in [2.05, 4.69) is 19.6 Å². The molecule has 1 aliphatic heterocycles. The molecule has 0 spiro atoms. The maximum atomic E-state index is 12.8. The number of aromatic nitrogens is 3. The van der Waals surface area contributed by atoms with Gasteiger partial charge in [0.2, 0.25) is 15.8 Å². The molecule has 10 nitrogen and oxygen atoms in total. The van der Waals surface area contributed by atoms with Crippen molar-refractivity contribution in [2.45, 2.75) is 11.1 Å². The first-order valence-electron chi connectivity index (χ1n) is 10.4. The Balaban J connectivity index is 1.37. The zero-order valence-electron chi connectivity index (χ0n) is 18.7. The molecular weight excluding hydrogens is 489 g/mol. The molecule has 3 heterocycles. The summed E-state index contributed by atoms with van der Waals surface area (Å²) in [5.41, 5.74) is 0.665. The van der Waals surface area contributed by atoms with Gasteiger partial charge in [-0.1, -0.05) is 5.16 Å². The van der Waals surface area contributed by atoms with E-state index in [0.717, 1.165) is 4.31 Å². The van der Waals surface area contributed by atoms with Crippen molar-refractivity contribution in [2.75, 3.05) is 45.2 Å². The lowest BCUT2D eigenvalue weighted by atomic mass is 10.2. The minimum Gasteiger partial charge on any atom is -0.353 e. The van der Waals surface area contributed by atoms with Crippen molar-refractivity contribution in [1.82, 2.24) is 24.3 Å². The Kier molecular flexibility index (Phi) is 6.51. The van der Waals surface area contributed by atoms with Gasteiger partial charge in [-0.15, -0.1) is 0 Å². The molecule has 0 atom stereocenters. The van der Waals surface area contributed by atoms with Crippen LogP contribution in [-0.4, -0.2) is 78.9 Å². The van der Waals surface area contributed by atoms with E-state index in [-0.39, 0.29) is 22.2 Å². The number of carbonyl (C=O) groups excluding carboxylic acids is 1. The topological polar surface area (TPSA) is 113 Å². The number of carbonyl (C=O) groups is 1. The van der Waals surface area contributed by atoms with Gasteiger partial charge in [-0.3, -0.25) is 4.79 Å². The van der Waals surface area contributed by atoms with Gasteiger partial charge in [0, 0.05) is 57.6 Å². The third-order valence-corrected chi connectivity index (χ3v) is 7.27. The molecule has 0 bridgehead atoms. The number of hydrogen-bond donors (Lipinski definition) is 0. The van der Waals surface area contributed by atoms with Crippen LogP contribution in [0.1, 0.15) is 16.2 Å². The van der Waals surface area contributed by atoms with Crippen LogP contribution in [0.4, 0.5) is 19.0 Å². The quantitative estimate of drug-likeness (QED) is 0.514. The molecule has 0 aliphatic carbocycles. The van der Waals surface area contributed by atoms with E-state index in [0.29, 0.717) is 37.6 Å². The first-order chi connectivity index (χ1) is 16.5. The van der Waals surface area contributed by atoms with Crippen molar-refractivity contribution in [3.05, 3.63) is 54.0 Å². The Morgan fingerprint density at radius 3 is 2.20 bits per heavy atom. The molecule has 0 N–H and O–H groups in total. The fourth-order valence-corrected chi connectivity index (χ4v) is 4.36.